The third-order valence-electron chi connectivity index (χ3n) is 4.47. The lowest BCUT2D eigenvalue weighted by Gasteiger charge is -2.08. The number of aryl methyl sites for hydroxylation is 1. The highest BCUT2D eigenvalue weighted by atomic mass is 32.2. The molecule has 13 nitrogen and oxygen atoms in total. The maximum absolute atomic E-state index is 13.1. The fourth-order valence-corrected chi connectivity index (χ4v) is 3.78. The number of aromatic amines is 1. The van der Waals surface area contributed by atoms with Gasteiger partial charge in [0.05, 0.1) is 10.6 Å². The Labute approximate surface area is 191 Å². The second-order valence-electron chi connectivity index (χ2n) is 6.82. The van der Waals surface area contributed by atoms with Crippen molar-refractivity contribution in [1.82, 2.24) is 35.1 Å². The van der Waals surface area contributed by atoms with Crippen LogP contribution in [0.5, 0.6) is 0 Å². The van der Waals surface area contributed by atoms with Gasteiger partial charge in [-0.2, -0.15) is 10.3 Å². The molecular formula is C19H16FN9O4S. The van der Waals surface area contributed by atoms with Crippen LogP contribution in [-0.2, 0) is 17.1 Å². The van der Waals surface area contributed by atoms with Crippen LogP contribution in [0.4, 0.5) is 20.8 Å². The first-order valence-corrected chi connectivity index (χ1v) is 11.0. The highest BCUT2D eigenvalue weighted by Crippen LogP contribution is 2.20. The van der Waals surface area contributed by atoms with Crippen LogP contribution in [0.1, 0.15) is 10.5 Å². The molecule has 4 N–H and O–H groups in total. The molecule has 2 heterocycles. The smallest absolute Gasteiger partial charge is 0.321 e. The van der Waals surface area contributed by atoms with Crippen LogP contribution in [0, 0.1) is 5.82 Å². The Bertz CT molecular complexity index is 1430. The predicted octanol–water partition coefficient (Wildman–Crippen LogP) is 1.50. The average molecular weight is 485 g/mol. The Hall–Kier alpha value is -4.66. The van der Waals surface area contributed by atoms with Crippen molar-refractivity contribution in [3.63, 3.8) is 0 Å². The number of aromatic nitrogens is 6. The molecular weight excluding hydrogens is 469 g/mol. The van der Waals surface area contributed by atoms with Crippen LogP contribution in [0.3, 0.4) is 0 Å². The quantitative estimate of drug-likeness (QED) is 0.317. The van der Waals surface area contributed by atoms with Gasteiger partial charge in [-0.3, -0.25) is 14.8 Å². The topological polar surface area (TPSA) is 177 Å². The van der Waals surface area contributed by atoms with Crippen molar-refractivity contribution in [3.8, 4) is 11.3 Å². The van der Waals surface area contributed by atoms with E-state index < -0.39 is 22.0 Å². The number of sulfonamides is 1. The number of hydrogen-bond donors (Lipinski definition) is 4. The molecule has 4 rings (SSSR count). The van der Waals surface area contributed by atoms with Crippen LogP contribution >= 0.6 is 0 Å². The maximum Gasteiger partial charge on any atom is 0.335 e. The van der Waals surface area contributed by atoms with Gasteiger partial charge in [-0.05, 0) is 59.8 Å². The zero-order valence-corrected chi connectivity index (χ0v) is 18.2. The van der Waals surface area contributed by atoms with E-state index in [0.29, 0.717) is 16.9 Å². The Kier molecular flexibility index (Phi) is 6.01. The maximum atomic E-state index is 13.1. The molecule has 0 spiro atoms. The van der Waals surface area contributed by atoms with E-state index >= 15 is 0 Å². The summed E-state index contributed by atoms with van der Waals surface area (Å²) >= 11 is 0. The SMILES string of the molecule is Cn1nc(-c2ccc(F)cc2)cc1C(=O)Nc1ccc(S(=O)(=O)NC(=O)Nc2nn[nH]n2)cc1. The molecule has 0 radical (unpaired) electrons. The fraction of sp³-hybridized carbons (Fsp3) is 0.0526. The standard InChI is InChI=1S/C19H16FN9O4S/c1-29-16(10-15(25-29)11-2-4-12(20)5-3-11)17(30)21-13-6-8-14(9-7-13)34(32,33)26-19(31)22-18-23-27-28-24-18/h2-10H,1H3,(H,21,30)(H3,22,23,24,26,27,28,31). The molecule has 174 valence electrons. The normalized spacial score (nSPS) is 11.1. The van der Waals surface area contributed by atoms with E-state index in [4.69, 9.17) is 0 Å². The summed E-state index contributed by atoms with van der Waals surface area (Å²) in [7, 11) is -2.61. The Morgan fingerprint density at radius 3 is 2.38 bits per heavy atom. The van der Waals surface area contributed by atoms with Crippen LogP contribution in [0.15, 0.2) is 59.5 Å². The molecule has 0 unspecified atom stereocenters. The summed E-state index contributed by atoms with van der Waals surface area (Å²) in [4.78, 5) is 24.3. The highest BCUT2D eigenvalue weighted by molar-refractivity contribution is 7.90. The van der Waals surface area contributed by atoms with Crippen molar-refractivity contribution in [2.75, 3.05) is 10.6 Å². The van der Waals surface area contributed by atoms with Gasteiger partial charge in [0, 0.05) is 18.3 Å². The summed E-state index contributed by atoms with van der Waals surface area (Å²) in [6, 6.07) is 11.3. The Morgan fingerprint density at radius 1 is 1.03 bits per heavy atom. The van der Waals surface area contributed by atoms with Gasteiger partial charge >= 0.3 is 6.03 Å². The number of hydrogen-bond acceptors (Lipinski definition) is 8. The van der Waals surface area contributed by atoms with E-state index in [-0.39, 0.29) is 22.4 Å². The molecule has 0 aliphatic heterocycles. The van der Waals surface area contributed by atoms with E-state index in [1.807, 2.05) is 0 Å². The van der Waals surface area contributed by atoms with Gasteiger partial charge in [-0.15, -0.1) is 5.10 Å². The minimum absolute atomic E-state index is 0.205. The summed E-state index contributed by atoms with van der Waals surface area (Å²) in [5.41, 5.74) is 1.67. The summed E-state index contributed by atoms with van der Waals surface area (Å²) in [5.74, 6) is -1.08. The third kappa shape index (κ3) is 5.04. The molecule has 2 aromatic carbocycles. The number of urea groups is 1. The van der Waals surface area contributed by atoms with Crippen molar-refractivity contribution in [1.29, 1.82) is 0 Å². The fourth-order valence-electron chi connectivity index (χ4n) is 2.88. The van der Waals surface area contributed by atoms with Gasteiger partial charge in [0.2, 0.25) is 0 Å². The van der Waals surface area contributed by atoms with Crippen LogP contribution in [-0.4, -0.2) is 50.8 Å². The number of tetrazole rings is 1. The molecule has 4 aromatic rings. The summed E-state index contributed by atoms with van der Waals surface area (Å²) < 4.78 is 41.1. The van der Waals surface area contributed by atoms with E-state index in [1.54, 1.807) is 30.0 Å². The Morgan fingerprint density at radius 2 is 1.74 bits per heavy atom. The van der Waals surface area contributed by atoms with Crippen LogP contribution < -0.4 is 15.4 Å². The number of benzene rings is 2. The van der Waals surface area contributed by atoms with E-state index in [2.05, 4.69) is 36.4 Å². The Balaban J connectivity index is 1.43. The van der Waals surface area contributed by atoms with E-state index in [1.165, 1.54) is 41.1 Å². The summed E-state index contributed by atoms with van der Waals surface area (Å²) in [5, 5.41) is 21.3. The molecule has 0 atom stereocenters. The van der Waals surface area contributed by atoms with Crippen LogP contribution in [0.25, 0.3) is 11.3 Å². The molecule has 15 heteroatoms. The number of nitrogens with one attached hydrogen (secondary N) is 4. The predicted molar refractivity (Wildman–Crippen MR) is 117 cm³/mol. The molecule has 0 aliphatic rings. The largest absolute Gasteiger partial charge is 0.335 e. The van der Waals surface area contributed by atoms with Crippen molar-refractivity contribution >= 4 is 33.6 Å². The van der Waals surface area contributed by atoms with Gasteiger partial charge in [-0.1, -0.05) is 5.10 Å². The number of H-pyrrole nitrogens is 1. The number of nitrogens with zero attached hydrogens (tertiary/aromatic N) is 5. The number of amides is 3. The van der Waals surface area contributed by atoms with E-state index in [9.17, 15) is 22.4 Å². The lowest BCUT2D eigenvalue weighted by molar-refractivity contribution is 0.101. The molecule has 0 aliphatic carbocycles. The molecule has 3 amide bonds. The van der Waals surface area contributed by atoms with Gasteiger partial charge < -0.3 is 5.32 Å². The number of anilines is 2. The van der Waals surface area contributed by atoms with Crippen molar-refractivity contribution < 1.29 is 22.4 Å². The molecule has 0 saturated heterocycles. The minimum atomic E-state index is -4.20. The number of carbonyl (C=O) groups excluding carboxylic acids is 2. The number of rotatable bonds is 6. The first-order valence-electron chi connectivity index (χ1n) is 9.50. The number of halogens is 1. The average Bonchev–Trinajstić information content (AvgIpc) is 3.44. The van der Waals surface area contributed by atoms with Gasteiger partial charge in [0.15, 0.2) is 0 Å². The molecule has 0 bridgehead atoms. The molecule has 0 fully saturated rings. The van der Waals surface area contributed by atoms with Crippen molar-refractivity contribution in [2.45, 2.75) is 4.90 Å². The van der Waals surface area contributed by atoms with Gasteiger partial charge in [0.1, 0.15) is 11.5 Å². The zero-order valence-electron chi connectivity index (χ0n) is 17.4. The lowest BCUT2D eigenvalue weighted by Crippen LogP contribution is -2.34. The zero-order chi connectivity index (χ0) is 24.3. The first-order chi connectivity index (χ1) is 16.2. The third-order valence-corrected chi connectivity index (χ3v) is 5.82. The second kappa shape index (κ2) is 9.07. The monoisotopic (exact) mass is 485 g/mol. The lowest BCUT2D eigenvalue weighted by atomic mass is 10.1. The first kappa shape index (κ1) is 22.5. The van der Waals surface area contributed by atoms with E-state index in [0.717, 1.165) is 0 Å². The molecule has 34 heavy (non-hydrogen) atoms. The number of carbonyl (C=O) groups is 2. The minimum Gasteiger partial charge on any atom is -0.321 e. The van der Waals surface area contributed by atoms with Gasteiger partial charge in [0.25, 0.3) is 21.9 Å². The van der Waals surface area contributed by atoms with Crippen molar-refractivity contribution in [2.24, 2.45) is 7.05 Å². The molecule has 2 aromatic heterocycles. The highest BCUT2D eigenvalue weighted by Gasteiger charge is 2.19. The summed E-state index contributed by atoms with van der Waals surface area (Å²) in [6.07, 6.45) is 0. The van der Waals surface area contributed by atoms with Crippen molar-refractivity contribution in [3.05, 3.63) is 66.1 Å². The second-order valence-corrected chi connectivity index (χ2v) is 8.50. The molecule has 0 saturated carbocycles. The van der Waals surface area contributed by atoms with Crippen LogP contribution in [0.2, 0.25) is 0 Å². The summed E-state index contributed by atoms with van der Waals surface area (Å²) in [6.45, 7) is 0. The van der Waals surface area contributed by atoms with Gasteiger partial charge in [-0.25, -0.2) is 22.3 Å².